The number of Topliss-reactive ketones (excluding diaryl/α,β-unsaturated/α-hetero) is 1. The molecule has 0 aliphatic heterocycles. The van der Waals surface area contributed by atoms with Crippen LogP contribution in [0.3, 0.4) is 0 Å². The molecule has 0 aromatic heterocycles. The minimum atomic E-state index is -0.899. The molecule has 2 rings (SSSR count). The van der Waals surface area contributed by atoms with Crippen LogP contribution in [0.4, 0.5) is 0 Å². The van der Waals surface area contributed by atoms with E-state index in [0.29, 0.717) is 0 Å². The Morgan fingerprint density at radius 2 is 1.76 bits per heavy atom. The lowest BCUT2D eigenvalue weighted by Crippen LogP contribution is -2.16. The summed E-state index contributed by atoms with van der Waals surface area (Å²) in [6.07, 6.45) is 0. The highest BCUT2D eigenvalue weighted by Crippen LogP contribution is 2.24. The van der Waals surface area contributed by atoms with E-state index in [1.807, 2.05) is 0 Å². The van der Waals surface area contributed by atoms with Crippen LogP contribution in [-0.2, 0) is 9.59 Å². The molecule has 0 atom stereocenters. The summed E-state index contributed by atoms with van der Waals surface area (Å²) in [4.78, 5) is 21.8. The number of phenols is 1. The number of phenolic OH excluding ortho intramolecular Hbond substituents is 1. The number of aromatic hydroxyl groups is 1. The molecule has 0 spiro atoms. The van der Waals surface area contributed by atoms with E-state index >= 15 is 0 Å². The molecule has 17 heavy (non-hydrogen) atoms. The van der Waals surface area contributed by atoms with Crippen molar-refractivity contribution in [3.05, 3.63) is 36.4 Å². The van der Waals surface area contributed by atoms with Crippen molar-refractivity contribution < 1.29 is 19.4 Å². The second-order valence-electron chi connectivity index (χ2n) is 3.64. The Bertz CT molecular complexity index is 601. The number of ketones is 1. The number of fused-ring (bicyclic) bond motifs is 1. The van der Waals surface area contributed by atoms with E-state index in [4.69, 9.17) is 4.74 Å². The Kier molecular flexibility index (Phi) is 2.78. The van der Waals surface area contributed by atoms with Gasteiger partial charge in [-0.3, -0.25) is 4.79 Å². The summed E-state index contributed by atoms with van der Waals surface area (Å²) in [5, 5.41) is 11.0. The third-order valence-electron chi connectivity index (χ3n) is 2.29. The van der Waals surface area contributed by atoms with Crippen LogP contribution in [0.15, 0.2) is 36.4 Å². The number of carbonyl (C=O) groups excluding carboxylic acids is 2. The summed E-state index contributed by atoms with van der Waals surface area (Å²) in [5.74, 6) is -1.14. The maximum Gasteiger partial charge on any atom is 0.379 e. The number of ether oxygens (including phenoxy) is 1. The summed E-state index contributed by atoms with van der Waals surface area (Å²) in [5.41, 5.74) is 0. The minimum Gasteiger partial charge on any atom is -0.508 e. The summed E-state index contributed by atoms with van der Waals surface area (Å²) in [6.45, 7) is 1.15. The van der Waals surface area contributed by atoms with Gasteiger partial charge in [0.25, 0.3) is 0 Å². The van der Waals surface area contributed by atoms with E-state index in [-0.39, 0.29) is 11.5 Å². The zero-order chi connectivity index (χ0) is 12.4. The van der Waals surface area contributed by atoms with E-state index in [9.17, 15) is 14.7 Å². The van der Waals surface area contributed by atoms with E-state index < -0.39 is 11.8 Å². The van der Waals surface area contributed by atoms with Crippen LogP contribution >= 0.6 is 0 Å². The SMILES string of the molecule is CC(=O)C(=O)Oc1ccc2ccc(O)cc2c1. The van der Waals surface area contributed by atoms with E-state index in [2.05, 4.69) is 0 Å². The van der Waals surface area contributed by atoms with Gasteiger partial charge in [-0.05, 0) is 35.0 Å². The Hall–Kier alpha value is -2.36. The fraction of sp³-hybridized carbons (Fsp3) is 0.0769. The lowest BCUT2D eigenvalue weighted by atomic mass is 10.1. The minimum absolute atomic E-state index is 0.132. The van der Waals surface area contributed by atoms with Crippen molar-refractivity contribution in [3.8, 4) is 11.5 Å². The van der Waals surface area contributed by atoms with Crippen molar-refractivity contribution in [1.82, 2.24) is 0 Å². The molecular weight excluding hydrogens is 220 g/mol. The first-order chi connectivity index (χ1) is 8.06. The molecule has 0 bridgehead atoms. The highest BCUT2D eigenvalue weighted by Gasteiger charge is 2.10. The number of esters is 1. The maximum absolute atomic E-state index is 11.1. The second kappa shape index (κ2) is 4.25. The molecule has 2 aromatic rings. The van der Waals surface area contributed by atoms with Gasteiger partial charge < -0.3 is 9.84 Å². The summed E-state index contributed by atoms with van der Waals surface area (Å²) in [6, 6.07) is 9.82. The lowest BCUT2D eigenvalue weighted by molar-refractivity contribution is -0.146. The molecule has 4 heteroatoms. The van der Waals surface area contributed by atoms with Gasteiger partial charge in [0.1, 0.15) is 11.5 Å². The molecule has 0 amide bonds. The molecule has 0 fully saturated rings. The van der Waals surface area contributed by atoms with Crippen molar-refractivity contribution in [3.63, 3.8) is 0 Å². The molecule has 1 N–H and O–H groups in total. The third kappa shape index (κ3) is 2.42. The van der Waals surface area contributed by atoms with E-state index in [1.54, 1.807) is 36.4 Å². The molecular formula is C13H10O4. The van der Waals surface area contributed by atoms with Crippen LogP contribution in [0, 0.1) is 0 Å². The highest BCUT2D eigenvalue weighted by molar-refractivity contribution is 6.33. The normalized spacial score (nSPS) is 10.2. The first-order valence-electron chi connectivity index (χ1n) is 5.02. The lowest BCUT2D eigenvalue weighted by Gasteiger charge is -2.04. The molecule has 2 aromatic carbocycles. The average Bonchev–Trinajstić information content (AvgIpc) is 2.28. The number of hydrogen-bond donors (Lipinski definition) is 1. The Balaban J connectivity index is 2.37. The van der Waals surface area contributed by atoms with Gasteiger partial charge in [0.05, 0.1) is 0 Å². The number of benzene rings is 2. The fourth-order valence-corrected chi connectivity index (χ4v) is 1.45. The quantitative estimate of drug-likeness (QED) is 0.487. The van der Waals surface area contributed by atoms with Crippen LogP contribution < -0.4 is 4.74 Å². The first kappa shape index (κ1) is 11.1. The van der Waals surface area contributed by atoms with Crippen LogP contribution in [-0.4, -0.2) is 16.9 Å². The van der Waals surface area contributed by atoms with Gasteiger partial charge in [-0.2, -0.15) is 0 Å². The predicted octanol–water partition coefficient (Wildman–Crippen LogP) is 2.04. The molecule has 86 valence electrons. The number of hydrogen-bond acceptors (Lipinski definition) is 4. The third-order valence-corrected chi connectivity index (χ3v) is 2.29. The van der Waals surface area contributed by atoms with Gasteiger partial charge in [-0.1, -0.05) is 12.1 Å². The Morgan fingerprint density at radius 1 is 1.06 bits per heavy atom. The summed E-state index contributed by atoms with van der Waals surface area (Å²) in [7, 11) is 0. The van der Waals surface area contributed by atoms with Gasteiger partial charge >= 0.3 is 5.97 Å². The average molecular weight is 230 g/mol. The van der Waals surface area contributed by atoms with E-state index in [1.165, 1.54) is 0 Å². The number of rotatable bonds is 2. The van der Waals surface area contributed by atoms with Crippen LogP contribution in [0.25, 0.3) is 10.8 Å². The fourth-order valence-electron chi connectivity index (χ4n) is 1.45. The van der Waals surface area contributed by atoms with Crippen LogP contribution in [0.5, 0.6) is 11.5 Å². The molecule has 4 nitrogen and oxygen atoms in total. The monoisotopic (exact) mass is 230 g/mol. The largest absolute Gasteiger partial charge is 0.508 e. The van der Waals surface area contributed by atoms with Crippen molar-refractivity contribution in [2.75, 3.05) is 0 Å². The molecule has 0 saturated carbocycles. The molecule has 0 aliphatic rings. The number of carbonyl (C=O) groups is 2. The molecule has 0 unspecified atom stereocenters. The van der Waals surface area contributed by atoms with Gasteiger partial charge in [0, 0.05) is 6.92 Å². The van der Waals surface area contributed by atoms with Gasteiger partial charge in [0.15, 0.2) is 0 Å². The molecule has 0 heterocycles. The van der Waals surface area contributed by atoms with Crippen LogP contribution in [0.1, 0.15) is 6.92 Å². The maximum atomic E-state index is 11.1. The highest BCUT2D eigenvalue weighted by atomic mass is 16.5. The van der Waals surface area contributed by atoms with E-state index in [0.717, 1.165) is 17.7 Å². The van der Waals surface area contributed by atoms with Crippen molar-refractivity contribution >= 4 is 22.5 Å². The zero-order valence-electron chi connectivity index (χ0n) is 9.14. The summed E-state index contributed by atoms with van der Waals surface area (Å²) < 4.78 is 4.85. The second-order valence-corrected chi connectivity index (χ2v) is 3.64. The van der Waals surface area contributed by atoms with Crippen molar-refractivity contribution in [2.24, 2.45) is 0 Å². The Morgan fingerprint density at radius 3 is 2.47 bits per heavy atom. The summed E-state index contributed by atoms with van der Waals surface area (Å²) >= 11 is 0. The molecule has 0 aliphatic carbocycles. The Labute approximate surface area is 97.4 Å². The molecule has 0 radical (unpaired) electrons. The van der Waals surface area contributed by atoms with Gasteiger partial charge in [-0.15, -0.1) is 0 Å². The van der Waals surface area contributed by atoms with Crippen molar-refractivity contribution in [2.45, 2.75) is 6.92 Å². The zero-order valence-corrected chi connectivity index (χ0v) is 9.14. The van der Waals surface area contributed by atoms with Crippen LogP contribution in [0.2, 0.25) is 0 Å². The smallest absolute Gasteiger partial charge is 0.379 e. The topological polar surface area (TPSA) is 63.6 Å². The first-order valence-corrected chi connectivity index (χ1v) is 5.02. The van der Waals surface area contributed by atoms with Gasteiger partial charge in [-0.25, -0.2) is 4.79 Å². The van der Waals surface area contributed by atoms with Gasteiger partial charge in [0.2, 0.25) is 5.78 Å². The predicted molar refractivity (Wildman–Crippen MR) is 61.9 cm³/mol. The van der Waals surface area contributed by atoms with Crippen molar-refractivity contribution in [1.29, 1.82) is 0 Å². The molecule has 0 saturated heterocycles. The standard InChI is InChI=1S/C13H10O4/c1-8(14)13(16)17-12-5-3-9-2-4-11(15)6-10(9)7-12/h2-7,15H,1H3.